The predicted molar refractivity (Wildman–Crippen MR) is 143 cm³/mol. The Morgan fingerprint density at radius 3 is 1.64 bits per heavy atom. The molecule has 0 aliphatic carbocycles. The second-order valence-corrected chi connectivity index (χ2v) is 9.86. The fourth-order valence-corrected chi connectivity index (χ4v) is 4.83. The van der Waals surface area contributed by atoms with Crippen LogP contribution in [0.3, 0.4) is 0 Å². The summed E-state index contributed by atoms with van der Waals surface area (Å²) in [6.45, 7) is 1.56. The van der Waals surface area contributed by atoms with Gasteiger partial charge in [0.25, 0.3) is 0 Å². The molecule has 0 atom stereocenters. The number of carbonyl (C=O) groups is 1. The van der Waals surface area contributed by atoms with Crippen LogP contribution < -0.4 is 4.72 Å². The van der Waals surface area contributed by atoms with Crippen LogP contribution in [-0.4, -0.2) is 5.78 Å². The second kappa shape index (κ2) is 10.4. The van der Waals surface area contributed by atoms with Crippen LogP contribution in [0.25, 0.3) is 22.3 Å². The molecule has 0 spiro atoms. The maximum Gasteiger partial charge on any atom is 0.159 e. The number of benzene rings is 4. The highest BCUT2D eigenvalue weighted by atomic mass is 35.5. The zero-order valence-corrected chi connectivity index (χ0v) is 21.2. The first-order valence-electron chi connectivity index (χ1n) is 9.90. The van der Waals surface area contributed by atoms with Gasteiger partial charge in [0.2, 0.25) is 0 Å². The van der Waals surface area contributed by atoms with Gasteiger partial charge in [0.15, 0.2) is 5.78 Å². The minimum absolute atomic E-state index is 0.0274. The minimum Gasteiger partial charge on any atom is -0.324 e. The highest BCUT2D eigenvalue weighted by molar-refractivity contribution is 8.00. The van der Waals surface area contributed by atoms with E-state index in [9.17, 15) is 4.79 Å². The molecule has 0 saturated heterocycles. The Kier molecular flexibility index (Phi) is 7.58. The Morgan fingerprint density at radius 1 is 0.697 bits per heavy atom. The Balaban J connectivity index is 1.90. The van der Waals surface area contributed by atoms with Gasteiger partial charge in [-0.1, -0.05) is 70.7 Å². The number of hydrogen-bond acceptors (Lipinski definition) is 3. The van der Waals surface area contributed by atoms with Crippen molar-refractivity contribution in [2.24, 2.45) is 0 Å². The van der Waals surface area contributed by atoms with Gasteiger partial charge in [-0.25, -0.2) is 0 Å². The molecule has 0 fully saturated rings. The number of hydrogen-bond donors (Lipinski definition) is 1. The zero-order chi connectivity index (χ0) is 23.5. The van der Waals surface area contributed by atoms with Crippen LogP contribution in [0.2, 0.25) is 20.1 Å². The molecule has 4 aromatic rings. The fourth-order valence-electron chi connectivity index (χ4n) is 3.33. The lowest BCUT2D eigenvalue weighted by molar-refractivity contribution is 0.101. The van der Waals surface area contributed by atoms with E-state index in [2.05, 4.69) is 4.72 Å². The first kappa shape index (κ1) is 24.0. The monoisotopic (exact) mass is 531 g/mol. The number of anilines is 1. The van der Waals surface area contributed by atoms with Gasteiger partial charge in [-0.15, -0.1) is 0 Å². The van der Waals surface area contributed by atoms with Crippen molar-refractivity contribution in [3.05, 3.63) is 105 Å². The molecular weight excluding hydrogens is 516 g/mol. The van der Waals surface area contributed by atoms with Crippen molar-refractivity contribution in [2.45, 2.75) is 11.8 Å². The Bertz CT molecular complexity index is 1250. The van der Waals surface area contributed by atoms with Crippen LogP contribution in [0.1, 0.15) is 17.3 Å². The molecule has 0 heterocycles. The molecule has 0 saturated carbocycles. The molecule has 4 rings (SSSR count). The molecule has 0 bridgehead atoms. The first-order chi connectivity index (χ1) is 15.8. The van der Waals surface area contributed by atoms with E-state index >= 15 is 0 Å². The summed E-state index contributed by atoms with van der Waals surface area (Å²) in [6.07, 6.45) is 0. The summed E-state index contributed by atoms with van der Waals surface area (Å²) in [6, 6.07) is 24.1. The van der Waals surface area contributed by atoms with Crippen LogP contribution >= 0.6 is 58.4 Å². The average molecular weight is 533 g/mol. The lowest BCUT2D eigenvalue weighted by atomic mass is 9.92. The number of nitrogens with one attached hydrogen (secondary N) is 1. The van der Waals surface area contributed by atoms with Crippen molar-refractivity contribution in [3.63, 3.8) is 0 Å². The molecule has 33 heavy (non-hydrogen) atoms. The smallest absolute Gasteiger partial charge is 0.159 e. The van der Waals surface area contributed by atoms with Crippen molar-refractivity contribution < 1.29 is 4.79 Å². The third-order valence-corrected chi connectivity index (χ3v) is 7.06. The van der Waals surface area contributed by atoms with Gasteiger partial charge in [-0.05, 0) is 84.6 Å². The molecule has 0 amide bonds. The Hall–Kier alpha value is -2.14. The van der Waals surface area contributed by atoms with E-state index in [0.29, 0.717) is 25.7 Å². The summed E-state index contributed by atoms with van der Waals surface area (Å²) < 4.78 is 3.46. The van der Waals surface area contributed by atoms with Gasteiger partial charge in [0.1, 0.15) is 0 Å². The summed E-state index contributed by atoms with van der Waals surface area (Å²) in [5, 5.41) is 2.38. The lowest BCUT2D eigenvalue weighted by Gasteiger charge is -2.19. The third-order valence-electron chi connectivity index (χ3n) is 5.01. The van der Waals surface area contributed by atoms with Gasteiger partial charge in [0, 0.05) is 36.7 Å². The largest absolute Gasteiger partial charge is 0.324 e. The molecule has 7 heteroatoms. The molecule has 0 radical (unpaired) electrons. The molecular formula is C26H17Cl4NOS. The Morgan fingerprint density at radius 2 is 1.18 bits per heavy atom. The van der Waals surface area contributed by atoms with E-state index in [1.54, 1.807) is 19.1 Å². The highest BCUT2D eigenvalue weighted by Crippen LogP contribution is 2.42. The van der Waals surface area contributed by atoms with Gasteiger partial charge in [-0.2, -0.15) is 0 Å². The van der Waals surface area contributed by atoms with E-state index in [0.717, 1.165) is 32.8 Å². The van der Waals surface area contributed by atoms with Gasteiger partial charge >= 0.3 is 0 Å². The second-order valence-electron chi connectivity index (χ2n) is 7.30. The standard InChI is InChI=1S/C26H17Cl4NOS/c1-15(32)18-12-22(16-2-6-19(27)7-3-16)26(23(13-18)17-4-8-20(28)9-5-17)31-33-25-11-10-21(29)14-24(25)30/h2-14,31H,1H3. The van der Waals surface area contributed by atoms with E-state index in [-0.39, 0.29) is 5.78 Å². The van der Waals surface area contributed by atoms with E-state index in [1.807, 2.05) is 66.7 Å². The summed E-state index contributed by atoms with van der Waals surface area (Å²) in [4.78, 5) is 13.2. The molecule has 166 valence electrons. The van der Waals surface area contributed by atoms with E-state index in [1.165, 1.54) is 11.9 Å². The normalized spacial score (nSPS) is 10.8. The fraction of sp³-hybridized carbons (Fsp3) is 0.0385. The van der Waals surface area contributed by atoms with Crippen LogP contribution in [0.5, 0.6) is 0 Å². The Labute approximate surface area is 217 Å². The number of Topliss-reactive ketones (excluding diaryl/α,β-unsaturated/α-hetero) is 1. The topological polar surface area (TPSA) is 29.1 Å². The maximum atomic E-state index is 12.4. The van der Waals surface area contributed by atoms with Crippen molar-refractivity contribution >= 4 is 69.8 Å². The predicted octanol–water partition coefficient (Wildman–Crippen LogP) is 9.96. The van der Waals surface area contributed by atoms with Crippen LogP contribution in [-0.2, 0) is 0 Å². The molecule has 1 N–H and O–H groups in total. The number of carbonyl (C=O) groups excluding carboxylic acids is 1. The summed E-state index contributed by atoms with van der Waals surface area (Å²) in [5.41, 5.74) is 5.00. The van der Waals surface area contributed by atoms with Crippen molar-refractivity contribution in [1.82, 2.24) is 0 Å². The molecule has 4 aromatic carbocycles. The number of rotatable bonds is 6. The summed E-state index contributed by atoms with van der Waals surface area (Å²) >= 11 is 26.1. The summed E-state index contributed by atoms with van der Waals surface area (Å²) in [5.74, 6) is -0.0274. The SMILES string of the molecule is CC(=O)c1cc(-c2ccc(Cl)cc2)c(NSc2ccc(Cl)cc2Cl)c(-c2ccc(Cl)cc2)c1. The number of ketones is 1. The van der Waals surface area contributed by atoms with Crippen molar-refractivity contribution in [1.29, 1.82) is 0 Å². The van der Waals surface area contributed by atoms with Crippen LogP contribution in [0, 0.1) is 0 Å². The lowest BCUT2D eigenvalue weighted by Crippen LogP contribution is -2.00. The van der Waals surface area contributed by atoms with Crippen molar-refractivity contribution in [2.75, 3.05) is 4.72 Å². The molecule has 2 nitrogen and oxygen atoms in total. The average Bonchev–Trinajstić information content (AvgIpc) is 2.79. The first-order valence-corrected chi connectivity index (χ1v) is 12.2. The van der Waals surface area contributed by atoms with Crippen LogP contribution in [0.4, 0.5) is 5.69 Å². The molecule has 0 aliphatic heterocycles. The third kappa shape index (κ3) is 5.68. The summed E-state index contributed by atoms with van der Waals surface area (Å²) in [7, 11) is 0. The molecule has 0 aliphatic rings. The maximum absolute atomic E-state index is 12.4. The molecule has 0 aromatic heterocycles. The van der Waals surface area contributed by atoms with Gasteiger partial charge < -0.3 is 4.72 Å². The van der Waals surface area contributed by atoms with E-state index < -0.39 is 0 Å². The van der Waals surface area contributed by atoms with Crippen LogP contribution in [0.15, 0.2) is 83.8 Å². The zero-order valence-electron chi connectivity index (χ0n) is 17.3. The van der Waals surface area contributed by atoms with Gasteiger partial charge in [0.05, 0.1) is 10.7 Å². The minimum atomic E-state index is -0.0274. The quantitative estimate of drug-likeness (QED) is 0.198. The highest BCUT2D eigenvalue weighted by Gasteiger charge is 2.17. The van der Waals surface area contributed by atoms with Gasteiger partial charge in [-0.3, -0.25) is 4.79 Å². The molecule has 0 unspecified atom stereocenters. The number of halogens is 4. The van der Waals surface area contributed by atoms with E-state index in [4.69, 9.17) is 46.4 Å². The van der Waals surface area contributed by atoms with Crippen molar-refractivity contribution in [3.8, 4) is 22.3 Å².